The first-order valence-corrected chi connectivity index (χ1v) is 9.90. The monoisotopic (exact) mass is 375 g/mol. The zero-order valence-corrected chi connectivity index (χ0v) is 16.2. The number of carboxylic acid groups (broad SMARTS) is 1. The molecule has 0 unspecified atom stereocenters. The minimum absolute atomic E-state index is 0.205. The summed E-state index contributed by atoms with van der Waals surface area (Å²) in [7, 11) is 0. The number of carboxylic acids is 1. The molecule has 0 amide bonds. The zero-order chi connectivity index (χ0) is 19.6. The maximum absolute atomic E-state index is 10.9. The molecule has 0 aromatic heterocycles. The fourth-order valence-corrected chi connectivity index (χ4v) is 4.03. The molecule has 4 heteroatoms. The van der Waals surface area contributed by atoms with Crippen LogP contribution in [0.5, 0.6) is 5.75 Å². The maximum Gasteiger partial charge on any atom is 0.304 e. The highest BCUT2D eigenvalue weighted by Crippen LogP contribution is 2.52. The van der Waals surface area contributed by atoms with E-state index in [0.29, 0.717) is 13.2 Å². The molecular weight excluding hydrogens is 350 g/mol. The van der Waals surface area contributed by atoms with Crippen LogP contribution in [0.3, 0.4) is 0 Å². The zero-order valence-electron chi connectivity index (χ0n) is 16.2. The normalized spacial score (nSPS) is 16.8. The van der Waals surface area contributed by atoms with Crippen LogP contribution in [0.25, 0.3) is 0 Å². The number of carbonyl (C=O) groups is 1. The van der Waals surface area contributed by atoms with Crippen molar-refractivity contribution < 1.29 is 14.6 Å². The van der Waals surface area contributed by atoms with Crippen LogP contribution >= 0.6 is 0 Å². The molecule has 0 radical (unpaired) electrons. The van der Waals surface area contributed by atoms with Gasteiger partial charge in [0.05, 0.1) is 13.0 Å². The van der Waals surface area contributed by atoms with Gasteiger partial charge in [0.1, 0.15) is 5.75 Å². The van der Waals surface area contributed by atoms with Gasteiger partial charge < -0.3 is 9.84 Å². The molecule has 4 rings (SSSR count). The number of ether oxygens (including phenoxy) is 1. The van der Waals surface area contributed by atoms with Crippen molar-refractivity contribution in [3.05, 3.63) is 64.7 Å². The highest BCUT2D eigenvalue weighted by molar-refractivity contribution is 5.66. The number of hydrogen-bond donors (Lipinski definition) is 1. The van der Waals surface area contributed by atoms with Gasteiger partial charge in [0.25, 0.3) is 0 Å². The topological polar surface area (TPSA) is 49.8 Å². The summed E-state index contributed by atoms with van der Waals surface area (Å²) in [6, 6.07) is 14.4. The summed E-state index contributed by atoms with van der Waals surface area (Å²) < 4.78 is 5.47. The summed E-state index contributed by atoms with van der Waals surface area (Å²) in [5.74, 6) is 6.68. The Bertz CT molecular complexity index is 933. The first-order valence-electron chi connectivity index (χ1n) is 9.90. The molecule has 4 nitrogen and oxygen atoms in total. The summed E-state index contributed by atoms with van der Waals surface area (Å²) in [6.07, 6.45) is 2.57. The Balaban J connectivity index is 1.51. The molecule has 1 aliphatic heterocycles. The SMILES string of the molecule is CCOc1ccc(C#Cc2ccc3c(c2)C2(CC2)CN(CCC(=O)O)C3)cc1. The van der Waals surface area contributed by atoms with E-state index in [4.69, 9.17) is 9.84 Å². The second-order valence-electron chi connectivity index (χ2n) is 7.71. The van der Waals surface area contributed by atoms with E-state index < -0.39 is 5.97 Å². The van der Waals surface area contributed by atoms with Gasteiger partial charge in [-0.2, -0.15) is 0 Å². The maximum atomic E-state index is 10.9. The fourth-order valence-electron chi connectivity index (χ4n) is 4.03. The van der Waals surface area contributed by atoms with E-state index in [1.165, 1.54) is 24.0 Å². The predicted molar refractivity (Wildman–Crippen MR) is 108 cm³/mol. The number of rotatable bonds is 5. The molecule has 0 bridgehead atoms. The molecule has 28 heavy (non-hydrogen) atoms. The van der Waals surface area contributed by atoms with Gasteiger partial charge in [-0.3, -0.25) is 9.69 Å². The average Bonchev–Trinajstić information content (AvgIpc) is 3.46. The van der Waals surface area contributed by atoms with Crippen molar-refractivity contribution in [1.82, 2.24) is 4.90 Å². The van der Waals surface area contributed by atoms with Crippen LogP contribution < -0.4 is 4.74 Å². The minimum atomic E-state index is -0.726. The van der Waals surface area contributed by atoms with Crippen LogP contribution in [-0.2, 0) is 16.8 Å². The Morgan fingerprint density at radius 2 is 1.86 bits per heavy atom. The van der Waals surface area contributed by atoms with E-state index in [2.05, 4.69) is 34.9 Å². The number of fused-ring (bicyclic) bond motifs is 2. The van der Waals surface area contributed by atoms with Gasteiger partial charge in [0, 0.05) is 36.2 Å². The van der Waals surface area contributed by atoms with Gasteiger partial charge in [-0.25, -0.2) is 0 Å². The lowest BCUT2D eigenvalue weighted by Crippen LogP contribution is -2.39. The Labute approximate surface area is 166 Å². The largest absolute Gasteiger partial charge is 0.494 e. The Kier molecular flexibility index (Phi) is 5.11. The smallest absolute Gasteiger partial charge is 0.304 e. The Hall–Kier alpha value is -2.77. The molecule has 1 heterocycles. The van der Waals surface area contributed by atoms with E-state index >= 15 is 0 Å². The van der Waals surface area contributed by atoms with Crippen molar-refractivity contribution in [3.63, 3.8) is 0 Å². The van der Waals surface area contributed by atoms with Crippen molar-refractivity contribution >= 4 is 5.97 Å². The van der Waals surface area contributed by atoms with Crippen molar-refractivity contribution in [2.24, 2.45) is 0 Å². The number of aliphatic carboxylic acids is 1. The summed E-state index contributed by atoms with van der Waals surface area (Å²) in [6.45, 7) is 5.05. The van der Waals surface area contributed by atoms with E-state index in [-0.39, 0.29) is 11.8 Å². The molecular formula is C24H25NO3. The lowest BCUT2D eigenvalue weighted by atomic mass is 9.85. The molecule has 1 aliphatic carbocycles. The quantitative estimate of drug-likeness (QED) is 0.808. The molecule has 0 saturated heterocycles. The second-order valence-corrected chi connectivity index (χ2v) is 7.71. The van der Waals surface area contributed by atoms with Crippen LogP contribution in [0.4, 0.5) is 0 Å². The summed E-state index contributed by atoms with van der Waals surface area (Å²) >= 11 is 0. The van der Waals surface area contributed by atoms with Crippen molar-refractivity contribution in [2.45, 2.75) is 38.1 Å². The minimum Gasteiger partial charge on any atom is -0.494 e. The molecule has 0 atom stereocenters. The van der Waals surface area contributed by atoms with Gasteiger partial charge in [-0.15, -0.1) is 0 Å². The first-order chi connectivity index (χ1) is 13.6. The summed E-state index contributed by atoms with van der Waals surface area (Å²) in [4.78, 5) is 13.2. The third kappa shape index (κ3) is 4.05. The molecule has 1 spiro atoms. The standard InChI is InChI=1S/C24H25NO3/c1-2-28-21-9-6-18(7-10-21)3-4-19-5-8-20-16-25(14-11-23(26)27)17-24(12-13-24)22(20)15-19/h5-10,15H,2,11-14,16-17H2,1H3,(H,26,27). The molecule has 1 N–H and O–H groups in total. The van der Waals surface area contributed by atoms with E-state index in [1.54, 1.807) is 0 Å². The number of benzene rings is 2. The van der Waals surface area contributed by atoms with Gasteiger partial charge in [-0.05, 0) is 67.3 Å². The predicted octanol–water partition coefficient (Wildman–Crippen LogP) is 3.81. The van der Waals surface area contributed by atoms with E-state index in [0.717, 1.165) is 30.0 Å². The van der Waals surface area contributed by atoms with Crippen LogP contribution in [0.2, 0.25) is 0 Å². The average molecular weight is 375 g/mol. The first kappa shape index (κ1) is 18.6. The van der Waals surface area contributed by atoms with E-state index in [9.17, 15) is 4.79 Å². The Morgan fingerprint density at radius 3 is 2.54 bits per heavy atom. The lowest BCUT2D eigenvalue weighted by Gasteiger charge is -2.35. The molecule has 2 aliphatic rings. The van der Waals surface area contributed by atoms with Crippen molar-refractivity contribution in [1.29, 1.82) is 0 Å². The van der Waals surface area contributed by atoms with Crippen LogP contribution in [0, 0.1) is 11.8 Å². The molecule has 1 fully saturated rings. The highest BCUT2D eigenvalue weighted by Gasteiger charge is 2.48. The van der Waals surface area contributed by atoms with Gasteiger partial charge in [0.15, 0.2) is 0 Å². The number of nitrogens with zero attached hydrogens (tertiary/aromatic N) is 1. The van der Waals surface area contributed by atoms with Gasteiger partial charge in [0.2, 0.25) is 0 Å². The number of hydrogen-bond acceptors (Lipinski definition) is 3. The third-order valence-electron chi connectivity index (χ3n) is 5.61. The van der Waals surface area contributed by atoms with Crippen LogP contribution in [0.15, 0.2) is 42.5 Å². The second kappa shape index (κ2) is 7.69. The lowest BCUT2D eigenvalue weighted by molar-refractivity contribution is -0.137. The summed E-state index contributed by atoms with van der Waals surface area (Å²) in [5.41, 5.74) is 4.96. The van der Waals surface area contributed by atoms with Gasteiger partial charge >= 0.3 is 5.97 Å². The van der Waals surface area contributed by atoms with Crippen LogP contribution in [0.1, 0.15) is 48.4 Å². The molecule has 2 aromatic rings. The van der Waals surface area contributed by atoms with E-state index in [1.807, 2.05) is 31.2 Å². The molecule has 144 valence electrons. The molecule has 2 aromatic carbocycles. The Morgan fingerprint density at radius 1 is 1.14 bits per heavy atom. The van der Waals surface area contributed by atoms with Gasteiger partial charge in [-0.1, -0.05) is 17.9 Å². The highest BCUT2D eigenvalue weighted by atomic mass is 16.5. The molecule has 1 saturated carbocycles. The summed E-state index contributed by atoms with van der Waals surface area (Å²) in [5, 5.41) is 8.97. The third-order valence-corrected chi connectivity index (χ3v) is 5.61. The van der Waals surface area contributed by atoms with Crippen molar-refractivity contribution in [3.8, 4) is 17.6 Å². The fraction of sp³-hybridized carbons (Fsp3) is 0.375. The van der Waals surface area contributed by atoms with Crippen molar-refractivity contribution in [2.75, 3.05) is 19.7 Å². The van der Waals surface area contributed by atoms with Crippen LogP contribution in [-0.4, -0.2) is 35.7 Å².